The van der Waals surface area contributed by atoms with E-state index in [9.17, 15) is 24.9 Å². The summed E-state index contributed by atoms with van der Waals surface area (Å²) >= 11 is 2.72. The van der Waals surface area contributed by atoms with Crippen LogP contribution in [0, 0.1) is 34.5 Å². The molecule has 2 aliphatic carbocycles. The van der Waals surface area contributed by atoms with Crippen molar-refractivity contribution in [3.63, 3.8) is 0 Å². The molecule has 3 aliphatic rings. The number of thiazole rings is 2. The molecule has 1 aliphatic heterocycles. The van der Waals surface area contributed by atoms with Gasteiger partial charge in [0.1, 0.15) is 22.2 Å². The van der Waals surface area contributed by atoms with Gasteiger partial charge >= 0.3 is 11.9 Å². The summed E-state index contributed by atoms with van der Waals surface area (Å²) in [5.41, 5.74) is -1.10. The van der Waals surface area contributed by atoms with Gasteiger partial charge in [-0.2, -0.15) is 0 Å². The fraction of sp³-hybridized carbons (Fsp3) is 0.467. The molecule has 0 amide bonds. The number of hydrogen-bond acceptors (Lipinski definition) is 11. The molecule has 3 N–H and O–H groups in total. The van der Waals surface area contributed by atoms with Crippen LogP contribution in [0.1, 0.15) is 97.7 Å². The van der Waals surface area contributed by atoms with Gasteiger partial charge in [0.05, 0.1) is 12.2 Å². The maximum atomic E-state index is 13.4. The van der Waals surface area contributed by atoms with Crippen LogP contribution in [0.3, 0.4) is 0 Å². The minimum Gasteiger partial charge on any atom is -0.457 e. The molecule has 0 radical (unpaired) electrons. The van der Waals surface area contributed by atoms with Crippen LogP contribution in [-0.2, 0) is 9.47 Å². The lowest BCUT2D eigenvalue weighted by atomic mass is 9.78. The van der Waals surface area contributed by atoms with Crippen molar-refractivity contribution in [1.82, 2.24) is 9.97 Å². The lowest BCUT2D eigenvalue weighted by molar-refractivity contribution is -0.0461. The second-order valence-electron chi connectivity index (χ2n) is 15.9. The number of aromatic nitrogens is 2. The maximum absolute atomic E-state index is 13.4. The molecular formula is C45H56N2O7S2. The Morgan fingerprint density at radius 1 is 0.732 bits per heavy atom. The van der Waals surface area contributed by atoms with E-state index in [2.05, 4.69) is 34.3 Å². The Kier molecular flexibility index (Phi) is 15.3. The van der Waals surface area contributed by atoms with E-state index in [1.807, 2.05) is 83.2 Å². The van der Waals surface area contributed by atoms with Crippen molar-refractivity contribution in [2.24, 2.45) is 34.5 Å². The second-order valence-corrected chi connectivity index (χ2v) is 17.7. The van der Waals surface area contributed by atoms with Gasteiger partial charge in [0.15, 0.2) is 11.4 Å². The van der Waals surface area contributed by atoms with E-state index >= 15 is 0 Å². The Balaban J connectivity index is 1.35. The molecule has 3 heterocycles. The van der Waals surface area contributed by atoms with Gasteiger partial charge in [0.25, 0.3) is 0 Å². The number of allylic oxidation sites excluding steroid dienone is 9. The van der Waals surface area contributed by atoms with Crippen molar-refractivity contribution in [3.8, 4) is 0 Å². The van der Waals surface area contributed by atoms with Crippen LogP contribution in [0.25, 0.3) is 12.2 Å². The molecule has 8 atom stereocenters. The molecule has 0 aromatic carbocycles. The summed E-state index contributed by atoms with van der Waals surface area (Å²) in [7, 11) is 0. The zero-order valence-corrected chi connectivity index (χ0v) is 34.6. The Labute approximate surface area is 339 Å². The van der Waals surface area contributed by atoms with E-state index in [0.29, 0.717) is 52.9 Å². The minimum absolute atomic E-state index is 0.0153. The number of rotatable bonds is 8. The van der Waals surface area contributed by atoms with Crippen molar-refractivity contribution in [2.45, 2.75) is 91.1 Å². The Morgan fingerprint density at radius 3 is 1.62 bits per heavy atom. The average molecular weight is 801 g/mol. The number of aliphatic hydroxyl groups is 3. The first-order chi connectivity index (χ1) is 26.8. The minimum atomic E-state index is -0.903. The highest BCUT2D eigenvalue weighted by molar-refractivity contribution is 7.11. The monoisotopic (exact) mass is 800 g/mol. The van der Waals surface area contributed by atoms with Crippen LogP contribution in [0.5, 0.6) is 0 Å². The summed E-state index contributed by atoms with van der Waals surface area (Å²) in [4.78, 5) is 35.8. The first kappa shape index (κ1) is 43.1. The fourth-order valence-electron chi connectivity index (χ4n) is 6.46. The summed E-state index contributed by atoms with van der Waals surface area (Å²) in [5.74, 6) is 0.414. The SMILES string of the molecule is C/C=C/[C@H](O)C(C)(C)[C@@H]1C/C=C\C2C[C@H]2/C=C/C=C\c2nc(cs2)C(=O)O[C@H](C(C)(C)[C@@H](O)/C=C/CCO)C/C=C\[C@H]2C[C@H]2/C=C/C=C\c2nc(cs2)C(=O)O1. The lowest BCUT2D eigenvalue weighted by Crippen LogP contribution is -2.42. The van der Waals surface area contributed by atoms with Gasteiger partial charge in [-0.15, -0.1) is 22.7 Å². The summed E-state index contributed by atoms with van der Waals surface area (Å²) in [6.07, 6.45) is 31.5. The number of esters is 2. The molecule has 56 heavy (non-hydrogen) atoms. The molecule has 2 saturated carbocycles. The normalized spacial score (nSPS) is 29.9. The molecule has 2 aromatic heterocycles. The number of carbonyl (C=O) groups excluding carboxylic acids is 2. The summed E-state index contributed by atoms with van der Waals surface area (Å²) < 4.78 is 12.1. The van der Waals surface area contributed by atoms with Crippen LogP contribution in [0.4, 0.5) is 0 Å². The highest BCUT2D eigenvalue weighted by Crippen LogP contribution is 2.42. The number of nitrogens with zero attached hydrogens (tertiary/aromatic N) is 2. The highest BCUT2D eigenvalue weighted by Gasteiger charge is 2.40. The van der Waals surface area contributed by atoms with Crippen LogP contribution in [0.15, 0.2) is 95.8 Å². The molecular weight excluding hydrogens is 745 g/mol. The molecule has 2 fully saturated rings. The predicted molar refractivity (Wildman–Crippen MR) is 225 cm³/mol. The van der Waals surface area contributed by atoms with Crippen molar-refractivity contribution in [3.05, 3.63) is 117 Å². The summed E-state index contributed by atoms with van der Waals surface area (Å²) in [5, 5.41) is 36.0. The Morgan fingerprint density at radius 2 is 1.18 bits per heavy atom. The number of carbonyl (C=O) groups is 2. The quantitative estimate of drug-likeness (QED) is 0.176. The maximum Gasteiger partial charge on any atom is 0.358 e. The smallest absolute Gasteiger partial charge is 0.358 e. The third kappa shape index (κ3) is 12.0. The molecule has 9 nitrogen and oxygen atoms in total. The molecule has 4 bridgehead atoms. The Hall–Kier alpha value is -4.00. The lowest BCUT2D eigenvalue weighted by Gasteiger charge is -2.36. The van der Waals surface area contributed by atoms with Crippen molar-refractivity contribution in [2.75, 3.05) is 6.61 Å². The van der Waals surface area contributed by atoms with Crippen molar-refractivity contribution < 1.29 is 34.4 Å². The standard InChI is InChI=1S/C45H56N2O7S2/c1-6-15-36(49)44(2,3)38-21-13-18-32-26-30(32)16-7-10-24-41-47-35(29-56-41)43(52)54-39(45(4,5)37(50)20-11-12-25-48)22-14-19-33-27-31(33)17-8-9-23-40-46-34(28-55-40)42(51)53-38/h6-11,13-20,23-24,28-33,36-39,48-50H,12,21-22,25-27H2,1-5H3/b15-6+,16-7+,17-8+,18-13-,19-14-,20-11+,23-9-,24-10-/t30-,31-,32?,33+,36+,37+,38+,39+/m1/s1. The van der Waals surface area contributed by atoms with E-state index in [-0.39, 0.29) is 18.0 Å². The van der Waals surface area contributed by atoms with Crippen LogP contribution >= 0.6 is 22.7 Å². The third-order valence-corrected chi connectivity index (χ3v) is 12.4. The van der Waals surface area contributed by atoms with Crippen LogP contribution < -0.4 is 0 Å². The zero-order valence-electron chi connectivity index (χ0n) is 32.9. The van der Waals surface area contributed by atoms with Gasteiger partial charge in [-0.1, -0.05) is 113 Å². The van der Waals surface area contributed by atoms with Gasteiger partial charge in [-0.05, 0) is 62.0 Å². The van der Waals surface area contributed by atoms with Gasteiger partial charge in [-0.25, -0.2) is 19.6 Å². The van der Waals surface area contributed by atoms with Gasteiger partial charge in [0.2, 0.25) is 0 Å². The molecule has 0 spiro atoms. The van der Waals surface area contributed by atoms with E-state index < -0.39 is 47.2 Å². The first-order valence-electron chi connectivity index (χ1n) is 19.5. The molecule has 2 aromatic rings. The van der Waals surface area contributed by atoms with E-state index in [1.54, 1.807) is 35.1 Å². The van der Waals surface area contributed by atoms with E-state index in [1.165, 1.54) is 22.7 Å². The number of cyclic esters (lactones) is 2. The van der Waals surface area contributed by atoms with E-state index in [4.69, 9.17) is 9.47 Å². The second kappa shape index (κ2) is 19.9. The fourth-order valence-corrected chi connectivity index (χ4v) is 7.84. The summed E-state index contributed by atoms with van der Waals surface area (Å²) in [6, 6.07) is 0. The topological polar surface area (TPSA) is 139 Å². The van der Waals surface area contributed by atoms with Crippen LogP contribution in [-0.4, -0.2) is 68.2 Å². The molecule has 300 valence electrons. The number of aliphatic hydroxyl groups excluding tert-OH is 3. The average Bonchev–Trinajstić information content (AvgIpc) is 3.96. The van der Waals surface area contributed by atoms with Crippen LogP contribution in [0.2, 0.25) is 0 Å². The molecule has 11 heteroatoms. The highest BCUT2D eigenvalue weighted by atomic mass is 32.1. The number of ether oxygens (including phenoxy) is 2. The first-order valence-corrected chi connectivity index (χ1v) is 21.2. The van der Waals surface area contributed by atoms with Gasteiger partial charge in [-0.3, -0.25) is 0 Å². The zero-order chi connectivity index (χ0) is 40.3. The van der Waals surface area contributed by atoms with Crippen molar-refractivity contribution >= 4 is 46.8 Å². The number of hydrogen-bond donors (Lipinski definition) is 3. The molecule has 5 rings (SSSR count). The van der Waals surface area contributed by atoms with Gasteiger partial charge < -0.3 is 24.8 Å². The predicted octanol–water partition coefficient (Wildman–Crippen LogP) is 8.96. The molecule has 1 unspecified atom stereocenters. The molecule has 0 saturated heterocycles. The van der Waals surface area contributed by atoms with Gasteiger partial charge in [0, 0.05) is 41.0 Å². The third-order valence-electron chi connectivity index (χ3n) is 10.8. The number of fused-ring (bicyclic) bond motifs is 6. The van der Waals surface area contributed by atoms with E-state index in [0.717, 1.165) is 12.8 Å². The largest absolute Gasteiger partial charge is 0.457 e. The van der Waals surface area contributed by atoms with Crippen molar-refractivity contribution in [1.29, 1.82) is 0 Å². The summed E-state index contributed by atoms with van der Waals surface area (Å²) in [6.45, 7) is 9.40. The Bertz CT molecular complexity index is 1880.